The van der Waals surface area contributed by atoms with E-state index in [-0.39, 0.29) is 11.6 Å². The van der Waals surface area contributed by atoms with E-state index in [1.54, 1.807) is 15.6 Å². The first-order chi connectivity index (χ1) is 11.5. The zero-order valence-electron chi connectivity index (χ0n) is 13.8. The van der Waals surface area contributed by atoms with Gasteiger partial charge in [0.15, 0.2) is 10.8 Å². The number of ether oxygens (including phenoxy) is 1. The van der Waals surface area contributed by atoms with Gasteiger partial charge in [-0.25, -0.2) is 9.78 Å². The smallest absolute Gasteiger partial charge is 0.358 e. The average Bonchev–Trinajstić information content (AvgIpc) is 3.16. The van der Waals surface area contributed by atoms with Gasteiger partial charge in [0.05, 0.1) is 31.6 Å². The Kier molecular flexibility index (Phi) is 4.52. The van der Waals surface area contributed by atoms with E-state index in [2.05, 4.69) is 15.4 Å². The summed E-state index contributed by atoms with van der Waals surface area (Å²) >= 11 is 1.37. The lowest BCUT2D eigenvalue weighted by Crippen LogP contribution is -2.38. The Morgan fingerprint density at radius 1 is 1.42 bits per heavy atom. The van der Waals surface area contributed by atoms with Crippen molar-refractivity contribution in [1.29, 1.82) is 0 Å². The molecule has 0 radical (unpaired) electrons. The molecular weight excluding hydrogens is 330 g/mol. The van der Waals surface area contributed by atoms with Crippen LogP contribution < -0.4 is 5.32 Å². The van der Waals surface area contributed by atoms with Crippen LogP contribution >= 0.6 is 11.3 Å². The summed E-state index contributed by atoms with van der Waals surface area (Å²) < 4.78 is 6.44. The van der Waals surface area contributed by atoms with Crippen molar-refractivity contribution in [3.05, 3.63) is 28.0 Å². The molecule has 1 amide bonds. The fourth-order valence-electron chi connectivity index (χ4n) is 2.61. The van der Waals surface area contributed by atoms with Crippen molar-refractivity contribution in [2.75, 3.05) is 25.5 Å². The molecule has 1 aliphatic heterocycles. The first-order valence-corrected chi connectivity index (χ1v) is 8.50. The van der Waals surface area contributed by atoms with Crippen LogP contribution in [0.15, 0.2) is 6.07 Å². The minimum Gasteiger partial charge on any atom is -0.464 e. The Morgan fingerprint density at radius 2 is 2.21 bits per heavy atom. The van der Waals surface area contributed by atoms with Gasteiger partial charge in [0.2, 0.25) is 0 Å². The number of hydrogen-bond acceptors (Lipinski definition) is 7. The summed E-state index contributed by atoms with van der Waals surface area (Å²) in [5.74, 6) is -0.510. The molecule has 0 saturated carbocycles. The Labute approximate surface area is 143 Å². The van der Waals surface area contributed by atoms with Gasteiger partial charge in [-0.15, -0.1) is 0 Å². The lowest BCUT2D eigenvalue weighted by molar-refractivity contribution is 0.0591. The highest BCUT2D eigenvalue weighted by atomic mass is 32.1. The third kappa shape index (κ3) is 2.99. The predicted molar refractivity (Wildman–Crippen MR) is 89.3 cm³/mol. The SMILES string of the molecule is CCNc1nc(C)c(C(=O)N2CCn3nc(C(=O)OC)cc3C2)s1. The number of methoxy groups -OCH3 is 1. The number of esters is 1. The predicted octanol–water partition coefficient (Wildman–Crippen LogP) is 1.52. The third-order valence-electron chi connectivity index (χ3n) is 3.80. The van der Waals surface area contributed by atoms with Crippen molar-refractivity contribution >= 4 is 28.3 Å². The highest BCUT2D eigenvalue weighted by molar-refractivity contribution is 7.17. The maximum Gasteiger partial charge on any atom is 0.358 e. The van der Waals surface area contributed by atoms with Gasteiger partial charge in [0.1, 0.15) is 4.88 Å². The second kappa shape index (κ2) is 6.60. The molecule has 128 valence electrons. The molecule has 3 rings (SSSR count). The summed E-state index contributed by atoms with van der Waals surface area (Å²) in [7, 11) is 1.32. The van der Waals surface area contributed by atoms with Gasteiger partial charge >= 0.3 is 5.97 Å². The van der Waals surface area contributed by atoms with Crippen LogP contribution in [0.5, 0.6) is 0 Å². The summed E-state index contributed by atoms with van der Waals surface area (Å²) in [6.07, 6.45) is 0. The molecule has 1 N–H and O–H groups in total. The zero-order valence-corrected chi connectivity index (χ0v) is 14.6. The van der Waals surface area contributed by atoms with E-state index >= 15 is 0 Å². The van der Waals surface area contributed by atoms with Crippen LogP contribution in [0.1, 0.15) is 38.5 Å². The van der Waals surface area contributed by atoms with Crippen LogP contribution in [0.4, 0.5) is 5.13 Å². The van der Waals surface area contributed by atoms with Gasteiger partial charge < -0.3 is 15.0 Å². The number of hydrogen-bond donors (Lipinski definition) is 1. The molecule has 2 aromatic heterocycles. The van der Waals surface area contributed by atoms with Crippen molar-refractivity contribution in [2.24, 2.45) is 0 Å². The van der Waals surface area contributed by atoms with E-state index in [9.17, 15) is 9.59 Å². The summed E-state index contributed by atoms with van der Waals surface area (Å²) in [4.78, 5) is 31.2. The van der Waals surface area contributed by atoms with E-state index in [1.165, 1.54) is 18.4 Å². The van der Waals surface area contributed by atoms with E-state index < -0.39 is 5.97 Å². The first kappa shape index (κ1) is 16.4. The average molecular weight is 349 g/mol. The number of nitrogens with zero attached hydrogens (tertiary/aromatic N) is 4. The fraction of sp³-hybridized carbons (Fsp3) is 0.467. The lowest BCUT2D eigenvalue weighted by atomic mass is 10.2. The van der Waals surface area contributed by atoms with Gasteiger partial charge in [-0.2, -0.15) is 5.10 Å². The Balaban J connectivity index is 1.78. The Hall–Kier alpha value is -2.42. The summed E-state index contributed by atoms with van der Waals surface area (Å²) in [5, 5.41) is 8.11. The molecule has 0 aromatic carbocycles. The van der Waals surface area contributed by atoms with Crippen LogP contribution in [-0.4, -0.2) is 51.7 Å². The topological polar surface area (TPSA) is 89.4 Å². The molecule has 9 heteroatoms. The van der Waals surface area contributed by atoms with Crippen LogP contribution in [0.3, 0.4) is 0 Å². The molecule has 8 nitrogen and oxygen atoms in total. The van der Waals surface area contributed by atoms with Gasteiger partial charge in [0, 0.05) is 13.1 Å². The quantitative estimate of drug-likeness (QED) is 0.842. The number of aromatic nitrogens is 3. The van der Waals surface area contributed by atoms with Crippen molar-refractivity contribution in [3.63, 3.8) is 0 Å². The van der Waals surface area contributed by atoms with Gasteiger partial charge in [0.25, 0.3) is 5.91 Å². The number of aryl methyl sites for hydroxylation is 1. The number of nitrogens with one attached hydrogen (secondary N) is 1. The number of amides is 1. The number of rotatable bonds is 4. The van der Waals surface area contributed by atoms with Gasteiger partial charge in [-0.05, 0) is 19.9 Å². The van der Waals surface area contributed by atoms with Crippen molar-refractivity contribution in [1.82, 2.24) is 19.7 Å². The largest absolute Gasteiger partial charge is 0.464 e. The second-order valence-corrected chi connectivity index (χ2v) is 6.43. The molecule has 24 heavy (non-hydrogen) atoms. The summed E-state index contributed by atoms with van der Waals surface area (Å²) in [6.45, 7) is 6.10. The van der Waals surface area contributed by atoms with E-state index in [4.69, 9.17) is 4.74 Å². The van der Waals surface area contributed by atoms with Crippen molar-refractivity contribution in [2.45, 2.75) is 26.9 Å². The Bertz CT molecular complexity index is 782. The lowest BCUT2D eigenvalue weighted by Gasteiger charge is -2.27. The summed E-state index contributed by atoms with van der Waals surface area (Å²) in [6, 6.07) is 1.68. The highest BCUT2D eigenvalue weighted by Crippen LogP contribution is 2.25. The monoisotopic (exact) mass is 349 g/mol. The van der Waals surface area contributed by atoms with Crippen LogP contribution in [0, 0.1) is 6.92 Å². The minimum absolute atomic E-state index is 0.0405. The maximum atomic E-state index is 12.8. The first-order valence-electron chi connectivity index (χ1n) is 7.69. The molecule has 0 unspecified atom stereocenters. The number of thiazole rings is 1. The highest BCUT2D eigenvalue weighted by Gasteiger charge is 2.27. The van der Waals surface area contributed by atoms with E-state index in [0.717, 1.165) is 23.1 Å². The van der Waals surface area contributed by atoms with Gasteiger partial charge in [-0.1, -0.05) is 11.3 Å². The number of carbonyl (C=O) groups excluding carboxylic acids is 2. The third-order valence-corrected chi connectivity index (χ3v) is 4.90. The molecule has 0 atom stereocenters. The second-order valence-electron chi connectivity index (χ2n) is 5.43. The van der Waals surface area contributed by atoms with Crippen LogP contribution in [-0.2, 0) is 17.8 Å². The molecule has 2 aromatic rings. The molecular formula is C15H19N5O3S. The molecule has 0 bridgehead atoms. The molecule has 0 spiro atoms. The molecule has 0 saturated heterocycles. The van der Waals surface area contributed by atoms with Crippen LogP contribution in [0.2, 0.25) is 0 Å². The molecule has 1 aliphatic rings. The van der Waals surface area contributed by atoms with Crippen LogP contribution in [0.25, 0.3) is 0 Å². The van der Waals surface area contributed by atoms with E-state index in [1.807, 2.05) is 13.8 Å². The van der Waals surface area contributed by atoms with E-state index in [0.29, 0.717) is 24.5 Å². The number of anilines is 1. The minimum atomic E-state index is -0.469. The number of fused-ring (bicyclic) bond motifs is 1. The molecule has 0 aliphatic carbocycles. The van der Waals surface area contributed by atoms with Gasteiger partial charge in [-0.3, -0.25) is 9.48 Å². The zero-order chi connectivity index (χ0) is 17.3. The summed E-state index contributed by atoms with van der Waals surface area (Å²) in [5.41, 5.74) is 1.82. The maximum absolute atomic E-state index is 12.8. The molecule has 0 fully saturated rings. The number of carbonyl (C=O) groups is 2. The van der Waals surface area contributed by atoms with Crippen molar-refractivity contribution < 1.29 is 14.3 Å². The standard InChI is InChI=1S/C15H19N5O3S/c1-4-16-15-17-9(2)12(24-15)13(21)19-5-6-20-10(8-19)7-11(18-20)14(22)23-3/h7H,4-6,8H2,1-3H3,(H,16,17). The van der Waals surface area contributed by atoms with Crippen molar-refractivity contribution in [3.8, 4) is 0 Å². The Morgan fingerprint density at radius 3 is 2.92 bits per heavy atom. The molecule has 3 heterocycles. The normalized spacial score (nSPS) is 13.5. The fourth-order valence-corrected chi connectivity index (χ4v) is 3.61.